The van der Waals surface area contributed by atoms with Crippen molar-refractivity contribution in [3.05, 3.63) is 12.2 Å². The molecular formula is C20H34N2O6. The van der Waals surface area contributed by atoms with Crippen molar-refractivity contribution in [3.8, 4) is 0 Å². The van der Waals surface area contributed by atoms with Crippen LogP contribution in [0.1, 0.15) is 54.9 Å². The molecule has 8 heteroatoms. The van der Waals surface area contributed by atoms with E-state index in [1.54, 1.807) is 64.3 Å². The standard InChI is InChI=1S/C20H34N2O6/c1-8-26-16(23)11-9-10-15-14-21(17(24)27-19(2,3)4)12-13-22(15)18(25)28-20(5,6)7/h9,11,15H,8,10,12-14H2,1-7H3/b11-9+/t15-/m0/s1. The van der Waals surface area contributed by atoms with E-state index in [0.717, 1.165) is 0 Å². The highest BCUT2D eigenvalue weighted by molar-refractivity contribution is 5.81. The van der Waals surface area contributed by atoms with Gasteiger partial charge in [0.2, 0.25) is 0 Å². The van der Waals surface area contributed by atoms with Crippen LogP contribution in [0.4, 0.5) is 9.59 Å². The van der Waals surface area contributed by atoms with Crippen molar-refractivity contribution in [2.45, 2.75) is 72.1 Å². The smallest absolute Gasteiger partial charge is 0.410 e. The van der Waals surface area contributed by atoms with Crippen LogP contribution < -0.4 is 0 Å². The fraction of sp³-hybridized carbons (Fsp3) is 0.750. The molecule has 1 fully saturated rings. The van der Waals surface area contributed by atoms with Gasteiger partial charge in [-0.1, -0.05) is 6.08 Å². The minimum Gasteiger partial charge on any atom is -0.463 e. The van der Waals surface area contributed by atoms with E-state index in [1.807, 2.05) is 0 Å². The third-order valence-corrected chi connectivity index (χ3v) is 3.71. The van der Waals surface area contributed by atoms with Crippen molar-refractivity contribution >= 4 is 18.2 Å². The Labute approximate surface area is 167 Å². The quantitative estimate of drug-likeness (QED) is 0.410. The maximum atomic E-state index is 12.6. The molecule has 0 bridgehead atoms. The summed E-state index contributed by atoms with van der Waals surface area (Å²) in [5.41, 5.74) is -1.22. The van der Waals surface area contributed by atoms with Gasteiger partial charge >= 0.3 is 18.2 Å². The molecule has 1 saturated heterocycles. The Hall–Kier alpha value is -2.25. The summed E-state index contributed by atoms with van der Waals surface area (Å²) in [5, 5.41) is 0. The van der Waals surface area contributed by atoms with Gasteiger partial charge in [0.15, 0.2) is 0 Å². The molecule has 0 aromatic heterocycles. The number of hydrogen-bond donors (Lipinski definition) is 0. The van der Waals surface area contributed by atoms with Crippen LogP contribution in [-0.4, -0.2) is 71.4 Å². The van der Waals surface area contributed by atoms with Crippen LogP contribution in [0.3, 0.4) is 0 Å². The summed E-state index contributed by atoms with van der Waals surface area (Å²) in [6.45, 7) is 13.8. The first-order valence-electron chi connectivity index (χ1n) is 9.63. The number of hydrogen-bond acceptors (Lipinski definition) is 6. The fourth-order valence-corrected chi connectivity index (χ4v) is 2.62. The first kappa shape index (κ1) is 23.8. The molecule has 0 N–H and O–H groups in total. The molecule has 0 spiro atoms. The Morgan fingerprint density at radius 3 is 2.07 bits per heavy atom. The number of rotatable bonds is 4. The monoisotopic (exact) mass is 398 g/mol. The van der Waals surface area contributed by atoms with E-state index >= 15 is 0 Å². The van der Waals surface area contributed by atoms with Gasteiger partial charge in [-0.25, -0.2) is 14.4 Å². The van der Waals surface area contributed by atoms with Gasteiger partial charge in [-0.05, 0) is 54.9 Å². The van der Waals surface area contributed by atoms with E-state index < -0.39 is 29.4 Å². The normalized spacial score (nSPS) is 18.2. The van der Waals surface area contributed by atoms with Gasteiger partial charge in [0.05, 0.1) is 12.6 Å². The SMILES string of the molecule is CCOC(=O)/C=C/C[C@H]1CN(C(=O)OC(C)(C)C)CCN1C(=O)OC(C)(C)C. The maximum absolute atomic E-state index is 12.6. The number of amides is 2. The van der Waals surface area contributed by atoms with Gasteiger partial charge in [0.1, 0.15) is 11.2 Å². The largest absolute Gasteiger partial charge is 0.463 e. The highest BCUT2D eigenvalue weighted by Crippen LogP contribution is 2.20. The lowest BCUT2D eigenvalue weighted by molar-refractivity contribution is -0.137. The number of piperazine rings is 1. The van der Waals surface area contributed by atoms with Crippen LogP contribution >= 0.6 is 0 Å². The Morgan fingerprint density at radius 2 is 1.54 bits per heavy atom. The van der Waals surface area contributed by atoms with Gasteiger partial charge in [-0.15, -0.1) is 0 Å². The zero-order valence-corrected chi connectivity index (χ0v) is 18.1. The maximum Gasteiger partial charge on any atom is 0.410 e. The summed E-state index contributed by atoms with van der Waals surface area (Å²) >= 11 is 0. The lowest BCUT2D eigenvalue weighted by Gasteiger charge is -2.41. The molecule has 0 aromatic carbocycles. The van der Waals surface area contributed by atoms with Crippen LogP contribution in [0.15, 0.2) is 12.2 Å². The second kappa shape index (κ2) is 9.80. The van der Waals surface area contributed by atoms with Crippen molar-refractivity contribution in [1.29, 1.82) is 0 Å². The number of carbonyl (C=O) groups is 3. The van der Waals surface area contributed by atoms with Crippen molar-refractivity contribution in [2.24, 2.45) is 0 Å². The average Bonchev–Trinajstić information content (AvgIpc) is 2.51. The van der Waals surface area contributed by atoms with E-state index in [4.69, 9.17) is 14.2 Å². The second-order valence-electron chi connectivity index (χ2n) is 8.64. The molecule has 0 saturated carbocycles. The Balaban J connectivity index is 2.87. The molecule has 1 rings (SSSR count). The van der Waals surface area contributed by atoms with Gasteiger partial charge in [-0.3, -0.25) is 0 Å². The average molecular weight is 399 g/mol. The van der Waals surface area contributed by atoms with Crippen LogP contribution in [0, 0.1) is 0 Å². The molecule has 160 valence electrons. The molecule has 8 nitrogen and oxygen atoms in total. The van der Waals surface area contributed by atoms with Crippen molar-refractivity contribution in [2.75, 3.05) is 26.2 Å². The zero-order valence-electron chi connectivity index (χ0n) is 18.1. The van der Waals surface area contributed by atoms with Gasteiger partial charge in [0, 0.05) is 25.7 Å². The Kier molecular flexibility index (Phi) is 8.32. The van der Waals surface area contributed by atoms with Gasteiger partial charge in [-0.2, -0.15) is 0 Å². The Morgan fingerprint density at radius 1 is 0.964 bits per heavy atom. The summed E-state index contributed by atoms with van der Waals surface area (Å²) < 4.78 is 15.8. The van der Waals surface area contributed by atoms with E-state index in [2.05, 4.69) is 0 Å². The molecule has 1 atom stereocenters. The number of nitrogens with zero attached hydrogens (tertiary/aromatic N) is 2. The molecule has 1 aliphatic heterocycles. The van der Waals surface area contributed by atoms with E-state index in [0.29, 0.717) is 32.7 Å². The molecule has 0 unspecified atom stereocenters. The number of esters is 1. The summed E-state index contributed by atoms with van der Waals surface area (Å²) in [5.74, 6) is -0.439. The number of ether oxygens (including phenoxy) is 3. The van der Waals surface area contributed by atoms with Gasteiger partial charge < -0.3 is 24.0 Å². The molecule has 28 heavy (non-hydrogen) atoms. The van der Waals surface area contributed by atoms with Crippen LogP contribution in [0.2, 0.25) is 0 Å². The third kappa shape index (κ3) is 8.63. The van der Waals surface area contributed by atoms with E-state index in [9.17, 15) is 14.4 Å². The summed E-state index contributed by atoms with van der Waals surface area (Å²) in [7, 11) is 0. The van der Waals surface area contributed by atoms with Crippen LogP contribution in [0.5, 0.6) is 0 Å². The highest BCUT2D eigenvalue weighted by atomic mass is 16.6. The minimum absolute atomic E-state index is 0.293. The predicted octanol–water partition coefficient (Wildman–Crippen LogP) is 3.35. The minimum atomic E-state index is -0.620. The van der Waals surface area contributed by atoms with Crippen molar-refractivity contribution in [1.82, 2.24) is 9.80 Å². The molecule has 0 aromatic rings. The molecule has 0 aliphatic carbocycles. The summed E-state index contributed by atoms with van der Waals surface area (Å²) in [6.07, 6.45) is 2.51. The zero-order chi connectivity index (χ0) is 21.5. The summed E-state index contributed by atoms with van der Waals surface area (Å²) in [4.78, 5) is 39.7. The first-order chi connectivity index (χ1) is 12.8. The first-order valence-corrected chi connectivity index (χ1v) is 9.63. The molecule has 2 amide bonds. The van der Waals surface area contributed by atoms with Gasteiger partial charge in [0.25, 0.3) is 0 Å². The highest BCUT2D eigenvalue weighted by Gasteiger charge is 2.35. The molecular weight excluding hydrogens is 364 g/mol. The lowest BCUT2D eigenvalue weighted by atomic mass is 10.1. The van der Waals surface area contributed by atoms with Crippen molar-refractivity contribution in [3.63, 3.8) is 0 Å². The number of carbonyl (C=O) groups excluding carboxylic acids is 3. The van der Waals surface area contributed by atoms with Crippen molar-refractivity contribution < 1.29 is 28.6 Å². The third-order valence-electron chi connectivity index (χ3n) is 3.71. The molecule has 1 heterocycles. The predicted molar refractivity (Wildman–Crippen MR) is 105 cm³/mol. The second-order valence-corrected chi connectivity index (χ2v) is 8.64. The molecule has 0 radical (unpaired) electrons. The van der Waals surface area contributed by atoms with E-state index in [1.165, 1.54) is 6.08 Å². The van der Waals surface area contributed by atoms with E-state index in [-0.39, 0.29) is 6.04 Å². The topological polar surface area (TPSA) is 85.4 Å². The van der Waals surface area contributed by atoms with Crippen LogP contribution in [0.25, 0.3) is 0 Å². The van der Waals surface area contributed by atoms with Crippen LogP contribution in [-0.2, 0) is 19.0 Å². The lowest BCUT2D eigenvalue weighted by Crippen LogP contribution is -2.57. The molecule has 1 aliphatic rings. The Bertz CT molecular complexity index is 588. The summed E-state index contributed by atoms with van der Waals surface area (Å²) in [6, 6.07) is -0.332. The fourth-order valence-electron chi connectivity index (χ4n) is 2.62.